The number of nitrogens with zero attached hydrogens (tertiary/aromatic N) is 2. The average molecular weight is 458 g/mol. The lowest BCUT2D eigenvalue weighted by Crippen LogP contribution is -2.39. The van der Waals surface area contributed by atoms with Crippen LogP contribution in [0.2, 0.25) is 0 Å². The topological polar surface area (TPSA) is 96.8 Å². The fraction of sp³-hybridized carbons (Fsp3) is 0.158. The molecule has 0 aliphatic carbocycles. The molecule has 0 atom stereocenters. The molecule has 0 bridgehead atoms. The first kappa shape index (κ1) is 22.8. The highest BCUT2D eigenvalue weighted by atomic mass is 19.4. The SMILES string of the molecule is O=C(Nc1cc(C(F)(F)F)cc(C(F)(F)F)c1)c1c[nH]c(=O)n(Cc2ccccn2)c1=O. The van der Waals surface area contributed by atoms with Crippen molar-refractivity contribution < 1.29 is 31.1 Å². The third kappa shape index (κ3) is 5.04. The second kappa shape index (κ2) is 8.32. The molecule has 1 aromatic carbocycles. The van der Waals surface area contributed by atoms with E-state index in [2.05, 4.69) is 9.97 Å². The molecule has 1 amide bonds. The van der Waals surface area contributed by atoms with E-state index in [1.807, 2.05) is 5.32 Å². The van der Waals surface area contributed by atoms with Gasteiger partial charge in [0.25, 0.3) is 11.5 Å². The smallest absolute Gasteiger partial charge is 0.322 e. The fourth-order valence-electron chi connectivity index (χ4n) is 2.70. The van der Waals surface area contributed by atoms with Crippen LogP contribution in [0.1, 0.15) is 27.2 Å². The Balaban J connectivity index is 1.98. The van der Waals surface area contributed by atoms with Gasteiger partial charge in [-0.2, -0.15) is 26.3 Å². The van der Waals surface area contributed by atoms with Crippen LogP contribution >= 0.6 is 0 Å². The number of amides is 1. The van der Waals surface area contributed by atoms with Crippen LogP contribution in [-0.4, -0.2) is 20.4 Å². The van der Waals surface area contributed by atoms with Gasteiger partial charge in [-0.15, -0.1) is 0 Å². The predicted octanol–water partition coefficient (Wildman–Crippen LogP) is 3.27. The molecule has 0 radical (unpaired) electrons. The van der Waals surface area contributed by atoms with E-state index in [0.717, 1.165) is 0 Å². The quantitative estimate of drug-likeness (QED) is 0.587. The van der Waals surface area contributed by atoms with Gasteiger partial charge < -0.3 is 10.3 Å². The standard InChI is InChI=1S/C19H12F6N4O3/c20-18(21,22)10-5-11(19(23,24)25)7-13(6-10)28-15(30)14-8-27-17(32)29(16(14)31)9-12-3-1-2-4-26-12/h1-8H,9H2,(H,27,32)(H,28,30). The number of hydrogen-bond donors (Lipinski definition) is 2. The van der Waals surface area contributed by atoms with Crippen molar-refractivity contribution >= 4 is 11.6 Å². The molecule has 32 heavy (non-hydrogen) atoms. The van der Waals surface area contributed by atoms with Crippen molar-refractivity contribution in [3.05, 3.63) is 92.0 Å². The Morgan fingerprint density at radius 2 is 1.62 bits per heavy atom. The van der Waals surface area contributed by atoms with Gasteiger partial charge in [0.15, 0.2) is 0 Å². The number of rotatable bonds is 4. The second-order valence-electron chi connectivity index (χ2n) is 6.47. The van der Waals surface area contributed by atoms with Crippen LogP contribution < -0.4 is 16.6 Å². The maximum Gasteiger partial charge on any atom is 0.416 e. The molecule has 3 rings (SSSR count). The van der Waals surface area contributed by atoms with Crippen LogP contribution in [0.5, 0.6) is 0 Å². The Kier molecular flexibility index (Phi) is 5.92. The van der Waals surface area contributed by atoms with E-state index in [1.165, 1.54) is 12.3 Å². The zero-order valence-electron chi connectivity index (χ0n) is 15.7. The highest BCUT2D eigenvalue weighted by molar-refractivity contribution is 6.03. The first-order chi connectivity index (χ1) is 14.9. The van der Waals surface area contributed by atoms with Crippen LogP contribution in [-0.2, 0) is 18.9 Å². The Bertz CT molecular complexity index is 1230. The van der Waals surface area contributed by atoms with Crippen molar-refractivity contribution in [1.82, 2.24) is 14.5 Å². The molecule has 0 aliphatic heterocycles. The number of nitrogens with one attached hydrogen (secondary N) is 2. The Labute approximate surface area is 174 Å². The summed E-state index contributed by atoms with van der Waals surface area (Å²) < 4.78 is 78.5. The monoisotopic (exact) mass is 458 g/mol. The zero-order valence-corrected chi connectivity index (χ0v) is 15.7. The predicted molar refractivity (Wildman–Crippen MR) is 99.1 cm³/mol. The molecule has 13 heteroatoms. The molecule has 168 valence electrons. The zero-order chi connectivity index (χ0) is 23.7. The van der Waals surface area contributed by atoms with E-state index >= 15 is 0 Å². The third-order valence-electron chi connectivity index (χ3n) is 4.20. The normalized spacial score (nSPS) is 11.9. The number of anilines is 1. The van der Waals surface area contributed by atoms with E-state index in [0.29, 0.717) is 28.6 Å². The molecule has 0 fully saturated rings. The van der Waals surface area contributed by atoms with Crippen LogP contribution in [0, 0.1) is 0 Å². The number of pyridine rings is 1. The number of hydrogen-bond acceptors (Lipinski definition) is 4. The number of carbonyl (C=O) groups excluding carboxylic acids is 1. The Morgan fingerprint density at radius 3 is 2.16 bits per heavy atom. The lowest BCUT2D eigenvalue weighted by Gasteiger charge is -2.15. The molecule has 2 heterocycles. The molecule has 2 aromatic heterocycles. The fourth-order valence-corrected chi connectivity index (χ4v) is 2.70. The number of alkyl halides is 6. The van der Waals surface area contributed by atoms with Crippen LogP contribution in [0.25, 0.3) is 0 Å². The van der Waals surface area contributed by atoms with E-state index < -0.39 is 51.9 Å². The van der Waals surface area contributed by atoms with Gasteiger partial charge >= 0.3 is 18.0 Å². The average Bonchev–Trinajstić information content (AvgIpc) is 2.70. The summed E-state index contributed by atoms with van der Waals surface area (Å²) in [5.41, 5.74) is -6.53. The molecule has 2 N–H and O–H groups in total. The lowest BCUT2D eigenvalue weighted by molar-refractivity contribution is -0.143. The summed E-state index contributed by atoms with van der Waals surface area (Å²) in [6, 6.07) is 5.17. The maximum absolute atomic E-state index is 13.0. The van der Waals surface area contributed by atoms with Crippen molar-refractivity contribution in [3.63, 3.8) is 0 Å². The van der Waals surface area contributed by atoms with Gasteiger partial charge in [-0.3, -0.25) is 19.1 Å². The summed E-state index contributed by atoms with van der Waals surface area (Å²) in [5, 5.41) is 1.84. The number of halogens is 6. The molecule has 7 nitrogen and oxygen atoms in total. The van der Waals surface area contributed by atoms with Gasteiger partial charge in [0, 0.05) is 18.1 Å². The van der Waals surface area contributed by atoms with Gasteiger partial charge in [0.05, 0.1) is 23.4 Å². The molecule has 0 saturated carbocycles. The lowest BCUT2D eigenvalue weighted by atomic mass is 10.1. The molecular weight excluding hydrogens is 446 g/mol. The van der Waals surface area contributed by atoms with Crippen molar-refractivity contribution in [3.8, 4) is 0 Å². The van der Waals surface area contributed by atoms with Gasteiger partial charge in [0.2, 0.25) is 0 Å². The van der Waals surface area contributed by atoms with Crippen molar-refractivity contribution in [2.75, 3.05) is 5.32 Å². The van der Waals surface area contributed by atoms with Crippen LogP contribution in [0.15, 0.2) is 58.4 Å². The number of aromatic amines is 1. The van der Waals surface area contributed by atoms with Gasteiger partial charge in [-0.05, 0) is 30.3 Å². The minimum atomic E-state index is -5.12. The summed E-state index contributed by atoms with van der Waals surface area (Å²) in [7, 11) is 0. The molecule has 0 spiro atoms. The van der Waals surface area contributed by atoms with Crippen LogP contribution in [0.4, 0.5) is 32.0 Å². The van der Waals surface area contributed by atoms with Gasteiger partial charge in [0.1, 0.15) is 5.56 Å². The highest BCUT2D eigenvalue weighted by Gasteiger charge is 2.37. The van der Waals surface area contributed by atoms with E-state index in [4.69, 9.17) is 0 Å². The molecule has 0 aliphatic rings. The van der Waals surface area contributed by atoms with Crippen LogP contribution in [0.3, 0.4) is 0 Å². The summed E-state index contributed by atoms with van der Waals surface area (Å²) in [4.78, 5) is 43.1. The number of benzene rings is 1. The van der Waals surface area contributed by atoms with Crippen molar-refractivity contribution in [2.24, 2.45) is 0 Å². The first-order valence-corrected chi connectivity index (χ1v) is 8.69. The largest absolute Gasteiger partial charge is 0.416 e. The van der Waals surface area contributed by atoms with E-state index in [-0.39, 0.29) is 12.6 Å². The second-order valence-corrected chi connectivity index (χ2v) is 6.47. The van der Waals surface area contributed by atoms with E-state index in [1.54, 1.807) is 12.1 Å². The van der Waals surface area contributed by atoms with E-state index in [9.17, 15) is 40.7 Å². The third-order valence-corrected chi connectivity index (χ3v) is 4.20. The number of H-pyrrole nitrogens is 1. The molecular formula is C19H12F6N4O3. The summed E-state index contributed by atoms with van der Waals surface area (Å²) in [6.45, 7) is -0.322. The minimum absolute atomic E-state index is 0.102. The maximum atomic E-state index is 13.0. The first-order valence-electron chi connectivity index (χ1n) is 8.69. The minimum Gasteiger partial charge on any atom is -0.322 e. The Morgan fingerprint density at radius 1 is 1.00 bits per heavy atom. The summed E-state index contributed by atoms with van der Waals surface area (Å²) in [5.74, 6) is -1.31. The Hall–Kier alpha value is -3.90. The molecule has 0 saturated heterocycles. The molecule has 3 aromatic rings. The highest BCUT2D eigenvalue weighted by Crippen LogP contribution is 2.37. The summed E-state index contributed by atoms with van der Waals surface area (Å²) >= 11 is 0. The molecule has 0 unspecified atom stereocenters. The van der Waals surface area contributed by atoms with Crippen molar-refractivity contribution in [1.29, 1.82) is 0 Å². The number of aromatic nitrogens is 3. The van der Waals surface area contributed by atoms with Gasteiger partial charge in [-0.25, -0.2) is 4.79 Å². The van der Waals surface area contributed by atoms with Crippen molar-refractivity contribution in [2.45, 2.75) is 18.9 Å². The van der Waals surface area contributed by atoms with Gasteiger partial charge in [-0.1, -0.05) is 6.07 Å². The number of carbonyl (C=O) groups is 1. The summed E-state index contributed by atoms with van der Waals surface area (Å²) in [6.07, 6.45) is -8.12.